The fourth-order valence-corrected chi connectivity index (χ4v) is 14.0. The van der Waals surface area contributed by atoms with Crippen LogP contribution in [0.5, 0.6) is 23.0 Å². The third kappa shape index (κ3) is 10.6. The van der Waals surface area contributed by atoms with Crippen LogP contribution < -0.4 is 18.9 Å². The molecule has 0 aromatic heterocycles. The maximum atomic E-state index is 6.32. The third-order valence-corrected chi connectivity index (χ3v) is 18.8. The van der Waals surface area contributed by atoms with Crippen LogP contribution >= 0.6 is 0 Å². The van der Waals surface area contributed by atoms with Gasteiger partial charge in [-0.05, 0) is 328 Å². The molecule has 0 aliphatic heterocycles. The minimum Gasteiger partial charge on any atom is -0.494 e. The van der Waals surface area contributed by atoms with E-state index < -0.39 is 0 Å². The van der Waals surface area contributed by atoms with Gasteiger partial charge in [0.2, 0.25) is 0 Å². The van der Waals surface area contributed by atoms with Crippen LogP contribution in [0.2, 0.25) is 0 Å². The summed E-state index contributed by atoms with van der Waals surface area (Å²) in [7, 11) is 0. The van der Waals surface area contributed by atoms with E-state index in [1.165, 1.54) is 164 Å². The van der Waals surface area contributed by atoms with E-state index in [1.54, 1.807) is 0 Å². The van der Waals surface area contributed by atoms with Crippen LogP contribution in [0, 0.1) is 41.5 Å². The van der Waals surface area contributed by atoms with E-state index in [9.17, 15) is 0 Å². The van der Waals surface area contributed by atoms with Crippen LogP contribution in [0.15, 0.2) is 170 Å². The highest BCUT2D eigenvalue weighted by atomic mass is 16.5. The molecule has 13 aromatic carbocycles. The highest BCUT2D eigenvalue weighted by molar-refractivity contribution is 6.31. The van der Waals surface area contributed by atoms with Crippen molar-refractivity contribution in [2.45, 2.75) is 121 Å². The van der Waals surface area contributed by atoms with Gasteiger partial charge in [-0.2, -0.15) is 0 Å². The normalized spacial score (nSPS) is 11.8. The fourth-order valence-electron chi connectivity index (χ4n) is 14.0. The lowest BCUT2D eigenvalue weighted by Gasteiger charge is -2.23. The number of ether oxygens (including phenoxy) is 4. The molecule has 0 amide bonds. The molecule has 0 unspecified atom stereocenters. The second-order valence-corrected chi connectivity index (χ2v) is 24.8. The predicted molar refractivity (Wildman–Crippen MR) is 378 cm³/mol. The van der Waals surface area contributed by atoms with E-state index in [2.05, 4.69) is 239 Å². The van der Waals surface area contributed by atoms with Gasteiger partial charge in [-0.3, -0.25) is 0 Å². The van der Waals surface area contributed by atoms with Crippen LogP contribution in [0.1, 0.15) is 112 Å². The van der Waals surface area contributed by atoms with Crippen molar-refractivity contribution in [1.82, 2.24) is 0 Å². The average molecular weight is 1160 g/mol. The molecule has 442 valence electrons. The molecule has 4 nitrogen and oxygen atoms in total. The first-order valence-electron chi connectivity index (χ1n) is 32.5. The van der Waals surface area contributed by atoms with Crippen molar-refractivity contribution in [2.75, 3.05) is 26.4 Å². The molecule has 0 fully saturated rings. The summed E-state index contributed by atoms with van der Waals surface area (Å²) in [6.07, 6.45) is 8.50. The lowest BCUT2D eigenvalue weighted by molar-refractivity contribution is 0.309. The highest BCUT2D eigenvalue weighted by Gasteiger charge is 2.24. The molecule has 0 atom stereocenters. The predicted octanol–water partition coefficient (Wildman–Crippen LogP) is 24.1. The Bertz CT molecular complexity index is 4490. The number of hydrogen-bond acceptors (Lipinski definition) is 4. The number of unbranched alkanes of at least 4 members (excludes halogenated alkanes) is 4. The summed E-state index contributed by atoms with van der Waals surface area (Å²) < 4.78 is 25.0. The molecule has 0 heterocycles. The standard InChI is InChI=1S/C84H82O4/c1-11-15-39-85-65-31-23-57(24-32-65)69-43-61-49-75-63(47-73(61)79-53(7)21-19-51(5)77(69)79)45-71(59-27-35-67(36-28-59)87-41-17-13-3)81-56(10)84-76-50-62-44-70(58-25-33-66(34-26-58)86-40-16-12-2)78-52(6)20-22-54(8)80(78)74(62)48-64(76)46-72(82(84)55(9)83(75)81)60-29-37-68(38-30-60)88-42-18-14-4/h19-38,43-50H,11-18,39-42H2,1-10H3. The third-order valence-electron chi connectivity index (χ3n) is 18.8. The zero-order valence-electron chi connectivity index (χ0n) is 53.3. The van der Waals surface area contributed by atoms with E-state index >= 15 is 0 Å². The molecule has 0 saturated carbocycles. The van der Waals surface area contributed by atoms with E-state index in [0.29, 0.717) is 13.2 Å². The van der Waals surface area contributed by atoms with Gasteiger partial charge in [-0.15, -0.1) is 0 Å². The molecule has 0 aliphatic carbocycles. The minimum atomic E-state index is 0.703. The smallest absolute Gasteiger partial charge is 0.119 e. The molecule has 0 N–H and O–H groups in total. The second-order valence-electron chi connectivity index (χ2n) is 24.8. The molecular weight excluding hydrogens is 1070 g/mol. The van der Waals surface area contributed by atoms with Gasteiger partial charge >= 0.3 is 0 Å². The summed E-state index contributed by atoms with van der Waals surface area (Å²) in [6.45, 7) is 25.6. The second kappa shape index (κ2) is 24.7. The first-order chi connectivity index (χ1) is 43.0. The lowest BCUT2D eigenvalue weighted by atomic mass is 9.80. The van der Waals surface area contributed by atoms with Gasteiger partial charge < -0.3 is 18.9 Å². The highest BCUT2D eigenvalue weighted by Crippen LogP contribution is 2.51. The van der Waals surface area contributed by atoms with Gasteiger partial charge in [0.15, 0.2) is 0 Å². The Morgan fingerprint density at radius 2 is 0.466 bits per heavy atom. The van der Waals surface area contributed by atoms with Crippen molar-refractivity contribution < 1.29 is 18.9 Å². The number of rotatable bonds is 20. The van der Waals surface area contributed by atoms with Crippen LogP contribution in [0.4, 0.5) is 0 Å². The Hall–Kier alpha value is -8.86. The Labute approximate surface area is 520 Å². The van der Waals surface area contributed by atoms with Crippen molar-refractivity contribution in [3.05, 3.63) is 203 Å². The maximum absolute atomic E-state index is 6.32. The fraction of sp³-hybridized carbons (Fsp3) is 0.262. The van der Waals surface area contributed by atoms with Gasteiger partial charge in [-0.1, -0.05) is 126 Å². The van der Waals surface area contributed by atoms with Crippen molar-refractivity contribution in [3.63, 3.8) is 0 Å². The SMILES string of the molecule is CCCCOc1ccc(-c2cc3cc4c(cc(-c5ccc(OCCCC)cc5)c5c(C)c6c(c(-c7ccc(OCCCC)cc7)cc7cc8c(cc(-c9ccc(OCCCC)cc9)c9c(C)ccc(C)c98)cc76)c(C)c54)cc3c3c(C)ccc(C)c23)cc1. The molecule has 0 saturated heterocycles. The van der Waals surface area contributed by atoms with Crippen LogP contribution in [-0.2, 0) is 0 Å². The van der Waals surface area contributed by atoms with Crippen LogP contribution in [-0.4, -0.2) is 26.4 Å². The minimum absolute atomic E-state index is 0.703. The van der Waals surface area contributed by atoms with E-state index in [4.69, 9.17) is 18.9 Å². The Morgan fingerprint density at radius 1 is 0.239 bits per heavy atom. The Kier molecular flexibility index (Phi) is 16.3. The van der Waals surface area contributed by atoms with E-state index in [-0.39, 0.29) is 0 Å². The Morgan fingerprint density at radius 3 is 0.716 bits per heavy atom. The summed E-state index contributed by atoms with van der Waals surface area (Å²) >= 11 is 0. The Balaban J connectivity index is 1.14. The average Bonchev–Trinajstić information content (AvgIpc) is 0.753. The first kappa shape index (κ1) is 58.2. The van der Waals surface area contributed by atoms with Crippen LogP contribution in [0.25, 0.3) is 131 Å². The molecule has 0 radical (unpaired) electrons. The summed E-state index contributed by atoms with van der Waals surface area (Å²) in [5, 5.41) is 20.2. The van der Waals surface area contributed by atoms with Crippen molar-refractivity contribution in [3.8, 4) is 67.5 Å². The van der Waals surface area contributed by atoms with Gasteiger partial charge in [0.25, 0.3) is 0 Å². The van der Waals surface area contributed by atoms with E-state index in [0.717, 1.165) is 87.6 Å². The lowest BCUT2D eigenvalue weighted by Crippen LogP contribution is -1.98. The quantitative estimate of drug-likeness (QED) is 0.0433. The number of fused-ring (bicyclic) bond motifs is 12. The molecule has 0 aliphatic rings. The maximum Gasteiger partial charge on any atom is 0.119 e. The first-order valence-corrected chi connectivity index (χ1v) is 32.5. The van der Waals surface area contributed by atoms with Gasteiger partial charge in [0.05, 0.1) is 26.4 Å². The summed E-state index contributed by atoms with van der Waals surface area (Å²) in [5.41, 5.74) is 17.2. The molecular formula is C84H82O4. The van der Waals surface area contributed by atoms with Gasteiger partial charge in [0.1, 0.15) is 23.0 Å². The molecule has 13 rings (SSSR count). The number of aryl methyl sites for hydroxylation is 6. The molecule has 13 aromatic rings. The van der Waals surface area contributed by atoms with Crippen molar-refractivity contribution in [2.24, 2.45) is 0 Å². The number of benzene rings is 13. The number of hydrogen-bond donors (Lipinski definition) is 0. The van der Waals surface area contributed by atoms with E-state index in [1.807, 2.05) is 0 Å². The van der Waals surface area contributed by atoms with Gasteiger partial charge in [-0.25, -0.2) is 0 Å². The van der Waals surface area contributed by atoms with Crippen molar-refractivity contribution in [1.29, 1.82) is 0 Å². The largest absolute Gasteiger partial charge is 0.494 e. The monoisotopic (exact) mass is 1150 g/mol. The molecule has 0 bridgehead atoms. The summed E-state index contributed by atoms with van der Waals surface area (Å²) in [6, 6.07) is 64.5. The summed E-state index contributed by atoms with van der Waals surface area (Å²) in [4.78, 5) is 0. The zero-order valence-corrected chi connectivity index (χ0v) is 53.3. The van der Waals surface area contributed by atoms with Gasteiger partial charge in [0, 0.05) is 0 Å². The van der Waals surface area contributed by atoms with Crippen LogP contribution in [0.3, 0.4) is 0 Å². The van der Waals surface area contributed by atoms with Crippen molar-refractivity contribution >= 4 is 86.2 Å². The summed E-state index contributed by atoms with van der Waals surface area (Å²) in [5.74, 6) is 3.62. The zero-order chi connectivity index (χ0) is 60.7. The molecule has 88 heavy (non-hydrogen) atoms. The topological polar surface area (TPSA) is 36.9 Å². The molecule has 4 heteroatoms. The molecule has 0 spiro atoms.